The Morgan fingerprint density at radius 3 is 2.42 bits per heavy atom. The number of carbonyl (C=O) groups excluding carboxylic acids is 1. The molecule has 5 heteroatoms. The maximum Gasteiger partial charge on any atom is 0.254 e. The van der Waals surface area contributed by atoms with Crippen molar-refractivity contribution >= 4 is 48.7 Å². The van der Waals surface area contributed by atoms with E-state index < -0.39 is 0 Å². The van der Waals surface area contributed by atoms with E-state index in [-0.39, 0.29) is 5.91 Å². The zero-order chi connectivity index (χ0) is 18.1. The minimum Gasteiger partial charge on any atom is -0.331 e. The first-order chi connectivity index (χ1) is 12.7. The monoisotopic (exact) mass is 359 g/mol. The normalized spacial score (nSPS) is 11.1. The third-order valence-corrected chi connectivity index (χ3v) is 5.27. The van der Waals surface area contributed by atoms with E-state index in [2.05, 4.69) is 13.2 Å². The zero-order valence-electron chi connectivity index (χ0n) is 14.2. The Labute approximate surface area is 155 Å². The molecule has 0 aliphatic carbocycles. The van der Waals surface area contributed by atoms with Gasteiger partial charge in [-0.05, 0) is 30.3 Å². The Balaban J connectivity index is 1.86. The molecular formula is C21H17N3OS. The van der Waals surface area contributed by atoms with Gasteiger partial charge < -0.3 is 4.90 Å². The number of aromatic nitrogens is 2. The van der Waals surface area contributed by atoms with Crippen LogP contribution in [0, 0.1) is 0 Å². The molecule has 0 atom stereocenters. The van der Waals surface area contributed by atoms with Crippen LogP contribution in [0.2, 0.25) is 0 Å². The van der Waals surface area contributed by atoms with Crippen LogP contribution in [0.5, 0.6) is 0 Å². The zero-order valence-corrected chi connectivity index (χ0v) is 15.0. The summed E-state index contributed by atoms with van der Waals surface area (Å²) in [5.41, 5.74) is 3.22. The summed E-state index contributed by atoms with van der Waals surface area (Å²) in [4.78, 5) is 24.9. The third-order valence-electron chi connectivity index (χ3n) is 4.21. The van der Waals surface area contributed by atoms with E-state index in [1.54, 1.807) is 28.4 Å². The van der Waals surface area contributed by atoms with Crippen molar-refractivity contribution in [1.82, 2.24) is 14.9 Å². The first-order valence-corrected chi connectivity index (χ1v) is 9.13. The molecule has 2 aromatic heterocycles. The van der Waals surface area contributed by atoms with Gasteiger partial charge >= 0.3 is 0 Å². The molecule has 0 unspecified atom stereocenters. The van der Waals surface area contributed by atoms with Gasteiger partial charge in [-0.3, -0.25) is 4.79 Å². The fraction of sp³-hybridized carbons (Fsp3) is 0.0952. The Kier molecular flexibility index (Phi) is 4.22. The van der Waals surface area contributed by atoms with Gasteiger partial charge in [-0.2, -0.15) is 0 Å². The molecule has 4 nitrogen and oxygen atoms in total. The number of hydrogen-bond acceptors (Lipinski definition) is 4. The quantitative estimate of drug-likeness (QED) is 0.480. The molecule has 4 rings (SSSR count). The predicted octanol–water partition coefficient (Wildman–Crippen LogP) is 4.81. The van der Waals surface area contributed by atoms with Crippen LogP contribution < -0.4 is 0 Å². The van der Waals surface area contributed by atoms with Crippen LogP contribution in [0.3, 0.4) is 0 Å². The number of rotatable bonds is 5. The van der Waals surface area contributed by atoms with Crippen molar-refractivity contribution in [2.75, 3.05) is 13.1 Å². The number of nitrogens with zero attached hydrogens (tertiary/aromatic N) is 3. The van der Waals surface area contributed by atoms with Crippen molar-refractivity contribution < 1.29 is 4.79 Å². The highest BCUT2D eigenvalue weighted by atomic mass is 32.1. The van der Waals surface area contributed by atoms with Crippen molar-refractivity contribution in [2.24, 2.45) is 0 Å². The van der Waals surface area contributed by atoms with E-state index in [1.807, 2.05) is 42.5 Å². The number of para-hydroxylation sites is 2. The number of hydrogen-bond donors (Lipinski definition) is 0. The van der Waals surface area contributed by atoms with Crippen molar-refractivity contribution in [3.8, 4) is 0 Å². The fourth-order valence-electron chi connectivity index (χ4n) is 3.01. The standard InChI is InChI=1S/C21H17N3OS/c1-3-11-24(12-4-2)21(25)14-9-10-18-15(13-14)19-20(26-18)23-17-8-6-5-7-16(17)22-19/h3-10,13H,1-2,11-12H2. The van der Waals surface area contributed by atoms with Gasteiger partial charge in [0.25, 0.3) is 5.91 Å². The number of thiophene rings is 1. The summed E-state index contributed by atoms with van der Waals surface area (Å²) < 4.78 is 1.07. The number of fused-ring (bicyclic) bond motifs is 4. The summed E-state index contributed by atoms with van der Waals surface area (Å²) >= 11 is 1.59. The molecule has 0 aliphatic heterocycles. The lowest BCUT2D eigenvalue weighted by Gasteiger charge is -2.19. The lowest BCUT2D eigenvalue weighted by atomic mass is 10.1. The summed E-state index contributed by atoms with van der Waals surface area (Å²) in [6.07, 6.45) is 3.44. The molecular weight excluding hydrogens is 342 g/mol. The van der Waals surface area contributed by atoms with E-state index in [0.717, 1.165) is 31.5 Å². The largest absolute Gasteiger partial charge is 0.331 e. The van der Waals surface area contributed by atoms with Gasteiger partial charge in [-0.1, -0.05) is 24.3 Å². The summed E-state index contributed by atoms with van der Waals surface area (Å²) in [6, 6.07) is 13.6. The summed E-state index contributed by atoms with van der Waals surface area (Å²) in [6.45, 7) is 8.42. The molecule has 0 bridgehead atoms. The topological polar surface area (TPSA) is 46.1 Å². The molecule has 0 saturated heterocycles. The fourth-order valence-corrected chi connectivity index (χ4v) is 4.01. The van der Waals surface area contributed by atoms with Gasteiger partial charge in [0.15, 0.2) is 0 Å². The van der Waals surface area contributed by atoms with Crippen LogP contribution in [-0.2, 0) is 0 Å². The molecule has 0 aliphatic rings. The predicted molar refractivity (Wildman–Crippen MR) is 109 cm³/mol. The minimum atomic E-state index is -0.0419. The number of carbonyl (C=O) groups is 1. The van der Waals surface area contributed by atoms with Crippen molar-refractivity contribution in [2.45, 2.75) is 0 Å². The molecule has 0 fully saturated rings. The molecule has 2 aromatic carbocycles. The maximum atomic E-state index is 12.8. The summed E-state index contributed by atoms with van der Waals surface area (Å²) in [7, 11) is 0. The van der Waals surface area contributed by atoms with Gasteiger partial charge in [-0.15, -0.1) is 24.5 Å². The molecule has 4 aromatic rings. The number of benzene rings is 2. The van der Waals surface area contributed by atoms with Gasteiger partial charge in [0, 0.05) is 28.7 Å². The Bertz CT molecular complexity index is 1150. The SMILES string of the molecule is C=CCN(CC=C)C(=O)c1ccc2sc3nc4ccccc4nc3c2c1. The molecule has 1 amide bonds. The smallest absolute Gasteiger partial charge is 0.254 e. The molecule has 26 heavy (non-hydrogen) atoms. The maximum absolute atomic E-state index is 12.8. The van der Waals surface area contributed by atoms with E-state index >= 15 is 0 Å². The van der Waals surface area contributed by atoms with E-state index in [9.17, 15) is 4.79 Å². The van der Waals surface area contributed by atoms with Gasteiger partial charge in [0.1, 0.15) is 10.3 Å². The van der Waals surface area contributed by atoms with E-state index in [0.29, 0.717) is 18.7 Å². The molecule has 0 N–H and O–H groups in total. The van der Waals surface area contributed by atoms with Crippen molar-refractivity contribution in [3.63, 3.8) is 0 Å². The highest BCUT2D eigenvalue weighted by molar-refractivity contribution is 7.25. The van der Waals surface area contributed by atoms with Crippen LogP contribution in [0.25, 0.3) is 31.5 Å². The second-order valence-electron chi connectivity index (χ2n) is 5.97. The Morgan fingerprint density at radius 1 is 1.04 bits per heavy atom. The van der Waals surface area contributed by atoms with E-state index in [4.69, 9.17) is 9.97 Å². The van der Waals surface area contributed by atoms with Crippen molar-refractivity contribution in [3.05, 3.63) is 73.3 Å². The van der Waals surface area contributed by atoms with Crippen LogP contribution in [0.1, 0.15) is 10.4 Å². The molecule has 0 spiro atoms. The van der Waals surface area contributed by atoms with Crippen LogP contribution in [-0.4, -0.2) is 33.9 Å². The van der Waals surface area contributed by atoms with Gasteiger partial charge in [0.05, 0.1) is 11.0 Å². The second kappa shape index (κ2) is 6.69. The molecule has 0 saturated carbocycles. The lowest BCUT2D eigenvalue weighted by Crippen LogP contribution is -2.31. The van der Waals surface area contributed by atoms with E-state index in [1.165, 1.54) is 0 Å². The highest BCUT2D eigenvalue weighted by Crippen LogP contribution is 2.33. The van der Waals surface area contributed by atoms with Gasteiger partial charge in [0.2, 0.25) is 0 Å². The van der Waals surface area contributed by atoms with Crippen LogP contribution in [0.15, 0.2) is 67.8 Å². The van der Waals surface area contributed by atoms with Crippen LogP contribution in [0.4, 0.5) is 0 Å². The minimum absolute atomic E-state index is 0.0419. The molecule has 0 radical (unpaired) electrons. The lowest BCUT2D eigenvalue weighted by molar-refractivity contribution is 0.0791. The Hall–Kier alpha value is -3.05. The second-order valence-corrected chi connectivity index (χ2v) is 7.00. The first kappa shape index (κ1) is 16.4. The summed E-state index contributed by atoms with van der Waals surface area (Å²) in [5, 5.41) is 0.964. The average molecular weight is 359 g/mol. The van der Waals surface area contributed by atoms with Gasteiger partial charge in [-0.25, -0.2) is 9.97 Å². The van der Waals surface area contributed by atoms with Crippen molar-refractivity contribution in [1.29, 1.82) is 0 Å². The highest BCUT2D eigenvalue weighted by Gasteiger charge is 2.16. The number of amides is 1. The first-order valence-electron chi connectivity index (χ1n) is 8.31. The summed E-state index contributed by atoms with van der Waals surface area (Å²) in [5.74, 6) is -0.0419. The van der Waals surface area contributed by atoms with Crippen LogP contribution >= 0.6 is 11.3 Å². The average Bonchev–Trinajstić information content (AvgIpc) is 3.02. The molecule has 128 valence electrons. The Morgan fingerprint density at radius 2 is 1.73 bits per heavy atom. The third kappa shape index (κ3) is 2.76. The molecule has 2 heterocycles.